The molecule has 2 aliphatic rings. The van der Waals surface area contributed by atoms with Crippen molar-refractivity contribution in [3.8, 4) is 0 Å². The molecule has 6 nitrogen and oxygen atoms in total. The van der Waals surface area contributed by atoms with Gasteiger partial charge in [-0.15, -0.1) is 0 Å². The zero-order valence-corrected chi connectivity index (χ0v) is 13.4. The van der Waals surface area contributed by atoms with Crippen molar-refractivity contribution in [2.45, 2.75) is 51.5 Å². The minimum absolute atomic E-state index is 0.0428. The molecule has 0 spiro atoms. The highest BCUT2D eigenvalue weighted by atomic mass is 16.6. The molecule has 2 N–H and O–H groups in total. The van der Waals surface area contributed by atoms with E-state index in [0.717, 1.165) is 6.54 Å². The fourth-order valence-electron chi connectivity index (χ4n) is 3.51. The van der Waals surface area contributed by atoms with Gasteiger partial charge in [-0.3, -0.25) is 4.79 Å². The lowest BCUT2D eigenvalue weighted by molar-refractivity contribution is -0.143. The maximum Gasteiger partial charge on any atom is 0.409 e. The summed E-state index contributed by atoms with van der Waals surface area (Å²) in [5.41, 5.74) is 0. The number of nitrogens with one attached hydrogen (secondary N) is 1. The maximum atomic E-state index is 11.9. The molecule has 0 bridgehead atoms. The molecule has 1 amide bonds. The van der Waals surface area contributed by atoms with Crippen LogP contribution in [-0.2, 0) is 9.53 Å². The second kappa shape index (κ2) is 8.36. The van der Waals surface area contributed by atoms with Gasteiger partial charge in [0.05, 0.1) is 12.5 Å². The summed E-state index contributed by atoms with van der Waals surface area (Å²) in [4.78, 5) is 24.8. The van der Waals surface area contributed by atoms with Crippen LogP contribution in [-0.4, -0.2) is 54.4 Å². The van der Waals surface area contributed by atoms with E-state index >= 15 is 0 Å². The molecule has 22 heavy (non-hydrogen) atoms. The summed E-state index contributed by atoms with van der Waals surface area (Å²) in [6, 6.07) is 0.0428. The van der Waals surface area contributed by atoms with Crippen LogP contribution >= 0.6 is 0 Å². The first-order valence-electron chi connectivity index (χ1n) is 8.48. The number of carbonyl (C=O) groups is 2. The van der Waals surface area contributed by atoms with Gasteiger partial charge in [0, 0.05) is 19.1 Å². The van der Waals surface area contributed by atoms with E-state index in [0.29, 0.717) is 25.5 Å². The fraction of sp³-hybridized carbons (Fsp3) is 0.875. The molecule has 1 aliphatic heterocycles. The number of rotatable bonds is 5. The van der Waals surface area contributed by atoms with Gasteiger partial charge in [-0.05, 0) is 38.6 Å². The highest BCUT2D eigenvalue weighted by Gasteiger charge is 2.34. The monoisotopic (exact) mass is 312 g/mol. The van der Waals surface area contributed by atoms with Gasteiger partial charge in [-0.2, -0.15) is 0 Å². The summed E-state index contributed by atoms with van der Waals surface area (Å²) < 4.78 is 5.02. The number of ether oxygens (including phenoxy) is 1. The Morgan fingerprint density at radius 2 is 1.95 bits per heavy atom. The number of piperidine rings is 1. The molecule has 2 atom stereocenters. The Hall–Kier alpha value is -1.30. The smallest absolute Gasteiger partial charge is 0.409 e. The van der Waals surface area contributed by atoms with Crippen molar-refractivity contribution in [1.29, 1.82) is 0 Å². The van der Waals surface area contributed by atoms with Crippen LogP contribution in [0.15, 0.2) is 0 Å². The molecule has 2 rings (SSSR count). The minimum atomic E-state index is -0.835. The van der Waals surface area contributed by atoms with Crippen LogP contribution in [0.2, 0.25) is 0 Å². The molecule has 0 aromatic rings. The van der Waals surface area contributed by atoms with E-state index in [4.69, 9.17) is 4.74 Å². The van der Waals surface area contributed by atoms with Gasteiger partial charge in [0.1, 0.15) is 0 Å². The first-order chi connectivity index (χ1) is 10.6. The molecule has 0 radical (unpaired) electrons. The predicted molar refractivity (Wildman–Crippen MR) is 82.7 cm³/mol. The third kappa shape index (κ3) is 4.87. The zero-order valence-electron chi connectivity index (χ0n) is 13.4. The zero-order chi connectivity index (χ0) is 15.9. The van der Waals surface area contributed by atoms with E-state index in [1.165, 1.54) is 37.0 Å². The Labute approximate surface area is 132 Å². The fourth-order valence-corrected chi connectivity index (χ4v) is 3.51. The lowest BCUT2D eigenvalue weighted by Gasteiger charge is -2.36. The van der Waals surface area contributed by atoms with Crippen LogP contribution in [0.5, 0.6) is 0 Å². The van der Waals surface area contributed by atoms with E-state index in [1.54, 1.807) is 6.92 Å². The molecule has 2 fully saturated rings. The van der Waals surface area contributed by atoms with E-state index in [9.17, 15) is 14.7 Å². The third-order valence-corrected chi connectivity index (χ3v) is 4.75. The molecular formula is C16H28N2O4. The Balaban J connectivity index is 1.87. The van der Waals surface area contributed by atoms with Gasteiger partial charge >= 0.3 is 12.1 Å². The number of nitrogens with zero attached hydrogens (tertiary/aromatic N) is 1. The normalized spacial score (nSPS) is 26.7. The average molecular weight is 312 g/mol. The Kier molecular flexibility index (Phi) is 6.49. The van der Waals surface area contributed by atoms with Crippen LogP contribution in [0.3, 0.4) is 0 Å². The molecular weight excluding hydrogens is 284 g/mol. The summed E-state index contributed by atoms with van der Waals surface area (Å²) in [5.74, 6) is -0.657. The lowest BCUT2D eigenvalue weighted by atomic mass is 9.88. The second-order valence-corrected chi connectivity index (χ2v) is 6.48. The Bertz CT molecular complexity index is 382. The first-order valence-corrected chi connectivity index (χ1v) is 8.48. The quantitative estimate of drug-likeness (QED) is 0.812. The van der Waals surface area contributed by atoms with Crippen molar-refractivity contribution >= 4 is 12.1 Å². The van der Waals surface area contributed by atoms with Crippen LogP contribution < -0.4 is 5.32 Å². The summed E-state index contributed by atoms with van der Waals surface area (Å²) in [6.07, 6.45) is 6.61. The largest absolute Gasteiger partial charge is 0.481 e. The van der Waals surface area contributed by atoms with Crippen LogP contribution in [0.25, 0.3) is 0 Å². The molecule has 1 saturated heterocycles. The molecule has 0 aromatic carbocycles. The minimum Gasteiger partial charge on any atom is -0.481 e. The van der Waals surface area contributed by atoms with Gasteiger partial charge in [-0.25, -0.2) is 4.79 Å². The lowest BCUT2D eigenvalue weighted by Crippen LogP contribution is -2.53. The topological polar surface area (TPSA) is 78.9 Å². The highest BCUT2D eigenvalue weighted by Crippen LogP contribution is 2.24. The number of amides is 1. The number of likely N-dealkylation sites (tertiary alicyclic amines) is 1. The number of carboxylic acid groups (broad SMARTS) is 1. The van der Waals surface area contributed by atoms with Gasteiger partial charge in [-0.1, -0.05) is 19.3 Å². The average Bonchev–Trinajstić information content (AvgIpc) is 2.54. The SMILES string of the molecule is CCOC(=O)N1CC(NCC2CCCCC2)CC(C(=O)O)C1. The van der Waals surface area contributed by atoms with E-state index in [-0.39, 0.29) is 12.6 Å². The van der Waals surface area contributed by atoms with Gasteiger partial charge in [0.25, 0.3) is 0 Å². The number of hydrogen-bond acceptors (Lipinski definition) is 4. The molecule has 0 aromatic heterocycles. The van der Waals surface area contributed by atoms with E-state index in [2.05, 4.69) is 5.32 Å². The summed E-state index contributed by atoms with van der Waals surface area (Å²) in [7, 11) is 0. The Morgan fingerprint density at radius 1 is 1.23 bits per heavy atom. The summed E-state index contributed by atoms with van der Waals surface area (Å²) in [5, 5.41) is 12.8. The Morgan fingerprint density at radius 3 is 2.59 bits per heavy atom. The van der Waals surface area contributed by atoms with Gasteiger partial charge < -0.3 is 20.1 Å². The number of carbonyl (C=O) groups excluding carboxylic acids is 1. The van der Waals surface area contributed by atoms with Crippen molar-refractivity contribution in [3.05, 3.63) is 0 Å². The predicted octanol–water partition coefficient (Wildman–Crippen LogP) is 2.09. The van der Waals surface area contributed by atoms with Gasteiger partial charge in [0.2, 0.25) is 0 Å². The van der Waals surface area contributed by atoms with Crippen LogP contribution in [0.1, 0.15) is 45.4 Å². The van der Waals surface area contributed by atoms with Crippen molar-refractivity contribution in [1.82, 2.24) is 10.2 Å². The molecule has 1 saturated carbocycles. The molecule has 1 heterocycles. The number of hydrogen-bond donors (Lipinski definition) is 2. The molecule has 6 heteroatoms. The van der Waals surface area contributed by atoms with Crippen LogP contribution in [0, 0.1) is 11.8 Å². The summed E-state index contributed by atoms with van der Waals surface area (Å²) in [6.45, 7) is 3.78. The van der Waals surface area contributed by atoms with Crippen molar-refractivity contribution in [2.75, 3.05) is 26.2 Å². The first kappa shape index (κ1) is 17.1. The van der Waals surface area contributed by atoms with Crippen molar-refractivity contribution in [2.24, 2.45) is 11.8 Å². The van der Waals surface area contributed by atoms with Crippen molar-refractivity contribution in [3.63, 3.8) is 0 Å². The molecule has 126 valence electrons. The standard InChI is InChI=1S/C16H28N2O4/c1-2-22-16(21)18-10-13(15(19)20)8-14(11-18)17-9-12-6-4-3-5-7-12/h12-14,17H,2-11H2,1H3,(H,19,20). The maximum absolute atomic E-state index is 11.9. The molecule has 2 unspecified atom stereocenters. The number of aliphatic carboxylic acids is 1. The van der Waals surface area contributed by atoms with Gasteiger partial charge in [0.15, 0.2) is 0 Å². The third-order valence-electron chi connectivity index (χ3n) is 4.75. The van der Waals surface area contributed by atoms with E-state index in [1.807, 2.05) is 0 Å². The molecule has 1 aliphatic carbocycles. The van der Waals surface area contributed by atoms with E-state index < -0.39 is 18.0 Å². The highest BCUT2D eigenvalue weighted by molar-refractivity contribution is 5.73. The number of carboxylic acids is 1. The van der Waals surface area contributed by atoms with Crippen molar-refractivity contribution < 1.29 is 19.4 Å². The second-order valence-electron chi connectivity index (χ2n) is 6.48. The summed E-state index contributed by atoms with van der Waals surface area (Å²) >= 11 is 0. The van der Waals surface area contributed by atoms with Crippen LogP contribution in [0.4, 0.5) is 4.79 Å².